The summed E-state index contributed by atoms with van der Waals surface area (Å²) in [6.45, 7) is -0.130. The fraction of sp³-hybridized carbons (Fsp3) is 0.750. The molecule has 0 heterocycles. The highest BCUT2D eigenvalue weighted by atomic mass is 16.4. The van der Waals surface area contributed by atoms with E-state index in [1.165, 1.54) is 0 Å². The van der Waals surface area contributed by atoms with Gasteiger partial charge in [0, 0.05) is 19.4 Å². The van der Waals surface area contributed by atoms with Crippen molar-refractivity contribution in [1.82, 2.24) is 10.6 Å². The van der Waals surface area contributed by atoms with E-state index in [4.69, 9.17) is 15.3 Å². The molecule has 0 spiro atoms. The van der Waals surface area contributed by atoms with Crippen LogP contribution in [0.25, 0.3) is 0 Å². The second-order valence-electron chi connectivity index (χ2n) is 4.25. The second-order valence-corrected chi connectivity index (χ2v) is 4.25. The number of rotatable bonds is 11. The first-order valence-electron chi connectivity index (χ1n) is 6.51. The molecule has 8 nitrogen and oxygen atoms in total. The molecule has 0 saturated heterocycles. The lowest BCUT2D eigenvalue weighted by atomic mass is 10.1. The van der Waals surface area contributed by atoms with Gasteiger partial charge in [-0.1, -0.05) is 0 Å². The van der Waals surface area contributed by atoms with E-state index in [0.717, 1.165) is 0 Å². The number of carboxylic acids is 1. The van der Waals surface area contributed by atoms with E-state index in [-0.39, 0.29) is 38.4 Å². The van der Waals surface area contributed by atoms with E-state index in [1.54, 1.807) is 0 Å². The van der Waals surface area contributed by atoms with Crippen LogP contribution < -0.4 is 10.6 Å². The zero-order valence-electron chi connectivity index (χ0n) is 11.3. The molecule has 2 amide bonds. The number of carboxylic acid groups (broad SMARTS) is 1. The third-order valence-electron chi connectivity index (χ3n) is 2.55. The van der Waals surface area contributed by atoms with Crippen LogP contribution in [0.2, 0.25) is 0 Å². The van der Waals surface area contributed by atoms with E-state index in [2.05, 4.69) is 10.6 Å². The fourth-order valence-corrected chi connectivity index (χ4v) is 1.52. The largest absolute Gasteiger partial charge is 0.480 e. The van der Waals surface area contributed by atoms with E-state index in [0.29, 0.717) is 19.4 Å². The van der Waals surface area contributed by atoms with Gasteiger partial charge in [-0.05, 0) is 19.3 Å². The van der Waals surface area contributed by atoms with Crippen molar-refractivity contribution in [2.75, 3.05) is 19.8 Å². The first-order valence-corrected chi connectivity index (χ1v) is 6.51. The number of carbonyl (C=O) groups excluding carboxylic acids is 2. The Labute approximate surface area is 117 Å². The molecule has 0 aliphatic carbocycles. The predicted octanol–water partition coefficient (Wildman–Crippen LogP) is -1.39. The van der Waals surface area contributed by atoms with Gasteiger partial charge in [-0.2, -0.15) is 0 Å². The molecule has 0 aliphatic heterocycles. The normalized spacial score (nSPS) is 11.7. The van der Waals surface area contributed by atoms with Gasteiger partial charge < -0.3 is 26.0 Å². The van der Waals surface area contributed by atoms with Crippen LogP contribution in [0.3, 0.4) is 0 Å². The highest BCUT2D eigenvalue weighted by molar-refractivity contribution is 5.83. The molecule has 0 bridgehead atoms. The minimum absolute atomic E-state index is 0.0506. The standard InChI is InChI=1S/C12H22N2O6/c15-7-4-10(17)13-6-2-1-3-9(12(19)20)14-11(18)5-8-16/h9,15-16H,1-8H2,(H,13,17)(H,14,18)(H,19,20). The molecule has 0 radical (unpaired) electrons. The summed E-state index contributed by atoms with van der Waals surface area (Å²) < 4.78 is 0. The van der Waals surface area contributed by atoms with Crippen molar-refractivity contribution < 1.29 is 29.7 Å². The first-order chi connectivity index (χ1) is 9.51. The monoisotopic (exact) mass is 290 g/mol. The van der Waals surface area contributed by atoms with E-state index >= 15 is 0 Å². The molecule has 0 saturated carbocycles. The average molecular weight is 290 g/mol. The number of hydrogen-bond acceptors (Lipinski definition) is 5. The number of nitrogens with one attached hydrogen (secondary N) is 2. The van der Waals surface area contributed by atoms with Crippen molar-refractivity contribution in [2.45, 2.75) is 38.1 Å². The lowest BCUT2D eigenvalue weighted by Crippen LogP contribution is -2.41. The third-order valence-corrected chi connectivity index (χ3v) is 2.55. The van der Waals surface area contributed by atoms with Gasteiger partial charge in [0.2, 0.25) is 11.8 Å². The Hall–Kier alpha value is -1.67. The molecule has 8 heteroatoms. The van der Waals surface area contributed by atoms with Crippen LogP contribution in [0.4, 0.5) is 0 Å². The van der Waals surface area contributed by atoms with Gasteiger partial charge in [-0.25, -0.2) is 4.79 Å². The second kappa shape index (κ2) is 11.2. The van der Waals surface area contributed by atoms with Crippen molar-refractivity contribution in [2.24, 2.45) is 0 Å². The molecule has 0 aromatic carbocycles. The first kappa shape index (κ1) is 18.3. The van der Waals surface area contributed by atoms with Crippen molar-refractivity contribution in [3.63, 3.8) is 0 Å². The molecular weight excluding hydrogens is 268 g/mol. The Kier molecular flexibility index (Phi) is 10.2. The number of unbranched alkanes of at least 4 members (excludes halogenated alkanes) is 1. The average Bonchev–Trinajstić information content (AvgIpc) is 2.37. The number of aliphatic hydroxyl groups is 2. The Morgan fingerprint density at radius 2 is 1.55 bits per heavy atom. The van der Waals surface area contributed by atoms with Crippen LogP contribution in [-0.2, 0) is 14.4 Å². The van der Waals surface area contributed by atoms with Gasteiger partial charge in [0.25, 0.3) is 0 Å². The van der Waals surface area contributed by atoms with Crippen molar-refractivity contribution >= 4 is 17.8 Å². The quantitative estimate of drug-likeness (QED) is 0.297. The molecule has 0 aromatic rings. The zero-order valence-corrected chi connectivity index (χ0v) is 11.3. The lowest BCUT2D eigenvalue weighted by molar-refractivity contribution is -0.142. The summed E-state index contributed by atoms with van der Waals surface area (Å²) in [5.74, 6) is -1.88. The Morgan fingerprint density at radius 1 is 0.950 bits per heavy atom. The van der Waals surface area contributed by atoms with Gasteiger partial charge in [0.15, 0.2) is 0 Å². The summed E-state index contributed by atoms with van der Waals surface area (Å²) in [6, 6.07) is -0.984. The maximum Gasteiger partial charge on any atom is 0.326 e. The van der Waals surface area contributed by atoms with Gasteiger partial charge in [-0.15, -0.1) is 0 Å². The Balaban J connectivity index is 3.84. The summed E-state index contributed by atoms with van der Waals surface area (Å²) >= 11 is 0. The maximum absolute atomic E-state index is 11.2. The molecule has 0 aliphatic rings. The summed E-state index contributed by atoms with van der Waals surface area (Å²) in [4.78, 5) is 33.1. The van der Waals surface area contributed by atoms with Crippen molar-refractivity contribution in [3.8, 4) is 0 Å². The van der Waals surface area contributed by atoms with E-state index < -0.39 is 17.9 Å². The topological polar surface area (TPSA) is 136 Å². The smallest absolute Gasteiger partial charge is 0.326 e. The Morgan fingerprint density at radius 3 is 2.10 bits per heavy atom. The van der Waals surface area contributed by atoms with Gasteiger partial charge >= 0.3 is 5.97 Å². The van der Waals surface area contributed by atoms with Gasteiger partial charge in [-0.3, -0.25) is 9.59 Å². The fourth-order valence-electron chi connectivity index (χ4n) is 1.52. The lowest BCUT2D eigenvalue weighted by Gasteiger charge is -2.14. The molecular formula is C12H22N2O6. The molecule has 20 heavy (non-hydrogen) atoms. The summed E-state index contributed by atoms with van der Waals surface area (Å²) in [6.07, 6.45) is 1.28. The zero-order chi connectivity index (χ0) is 15.4. The van der Waals surface area contributed by atoms with E-state index in [9.17, 15) is 14.4 Å². The Bertz CT molecular complexity index is 321. The van der Waals surface area contributed by atoms with Crippen molar-refractivity contribution in [3.05, 3.63) is 0 Å². The minimum atomic E-state index is -1.12. The molecule has 116 valence electrons. The van der Waals surface area contributed by atoms with Crippen LogP contribution in [0.1, 0.15) is 32.1 Å². The van der Waals surface area contributed by atoms with Gasteiger partial charge in [0.1, 0.15) is 6.04 Å². The van der Waals surface area contributed by atoms with E-state index in [1.807, 2.05) is 0 Å². The summed E-state index contributed by atoms with van der Waals surface area (Å²) in [5.41, 5.74) is 0. The summed E-state index contributed by atoms with van der Waals surface area (Å²) in [5, 5.41) is 30.9. The summed E-state index contributed by atoms with van der Waals surface area (Å²) in [7, 11) is 0. The highest BCUT2D eigenvalue weighted by Crippen LogP contribution is 2.01. The van der Waals surface area contributed by atoms with Crippen LogP contribution in [0.15, 0.2) is 0 Å². The number of hydrogen-bond donors (Lipinski definition) is 5. The van der Waals surface area contributed by atoms with Gasteiger partial charge in [0.05, 0.1) is 13.2 Å². The number of aliphatic carboxylic acids is 1. The molecule has 0 fully saturated rings. The molecule has 0 aromatic heterocycles. The molecule has 1 atom stereocenters. The predicted molar refractivity (Wildman–Crippen MR) is 69.8 cm³/mol. The molecule has 5 N–H and O–H groups in total. The van der Waals surface area contributed by atoms with Crippen molar-refractivity contribution in [1.29, 1.82) is 0 Å². The molecule has 1 unspecified atom stereocenters. The SMILES string of the molecule is O=C(CCO)NCCCCC(NC(=O)CCO)C(=O)O. The van der Waals surface area contributed by atoms with Crippen LogP contribution in [0.5, 0.6) is 0 Å². The highest BCUT2D eigenvalue weighted by Gasteiger charge is 2.18. The van der Waals surface area contributed by atoms with Crippen LogP contribution >= 0.6 is 0 Å². The number of amides is 2. The minimum Gasteiger partial charge on any atom is -0.480 e. The number of aliphatic hydroxyl groups excluding tert-OH is 2. The van der Waals surface area contributed by atoms with Crippen LogP contribution in [-0.4, -0.2) is 58.9 Å². The third kappa shape index (κ3) is 9.29. The maximum atomic E-state index is 11.2. The number of carbonyl (C=O) groups is 3. The molecule has 0 rings (SSSR count). The van der Waals surface area contributed by atoms with Crippen LogP contribution in [0, 0.1) is 0 Å².